The van der Waals surface area contributed by atoms with Gasteiger partial charge < -0.3 is 10.6 Å². The molecule has 0 bridgehead atoms. The van der Waals surface area contributed by atoms with Gasteiger partial charge in [-0.05, 0) is 41.6 Å². The molecule has 0 aliphatic heterocycles. The number of nitrogens with zero attached hydrogens (tertiary/aromatic N) is 2. The Labute approximate surface area is 119 Å². The quantitative estimate of drug-likeness (QED) is 0.844. The standard InChI is InChI=1S/C12H17BrN4O2/c1-7(11(18)14-2)16-9-5-15-17(6-8-3-4-8)12(19)10(9)13/h5,7-8,16H,3-4,6H2,1-2H3,(H,14,18). The summed E-state index contributed by atoms with van der Waals surface area (Å²) in [5.74, 6) is 0.440. The molecule has 0 saturated heterocycles. The van der Waals surface area contributed by atoms with Gasteiger partial charge in [0.25, 0.3) is 5.56 Å². The van der Waals surface area contributed by atoms with Crippen LogP contribution in [0.2, 0.25) is 0 Å². The predicted molar refractivity (Wildman–Crippen MR) is 76.1 cm³/mol. The highest BCUT2D eigenvalue weighted by Gasteiger charge is 2.23. The molecule has 2 rings (SSSR count). The molecule has 2 N–H and O–H groups in total. The van der Waals surface area contributed by atoms with Crippen LogP contribution in [0.5, 0.6) is 0 Å². The molecule has 1 aromatic heterocycles. The fourth-order valence-electron chi connectivity index (χ4n) is 1.76. The second-order valence-electron chi connectivity index (χ2n) is 4.78. The molecule has 0 radical (unpaired) electrons. The Balaban J connectivity index is 2.15. The van der Waals surface area contributed by atoms with Crippen LogP contribution in [0.15, 0.2) is 15.5 Å². The van der Waals surface area contributed by atoms with Gasteiger partial charge in [0.2, 0.25) is 5.91 Å². The van der Waals surface area contributed by atoms with Crippen LogP contribution in [0.25, 0.3) is 0 Å². The van der Waals surface area contributed by atoms with Crippen molar-refractivity contribution in [2.24, 2.45) is 5.92 Å². The van der Waals surface area contributed by atoms with Crippen LogP contribution in [-0.4, -0.2) is 28.8 Å². The minimum atomic E-state index is -0.429. The maximum absolute atomic E-state index is 12.1. The average Bonchev–Trinajstić information content (AvgIpc) is 3.21. The fourth-order valence-corrected chi connectivity index (χ4v) is 2.18. The first-order valence-corrected chi connectivity index (χ1v) is 7.06. The summed E-state index contributed by atoms with van der Waals surface area (Å²) >= 11 is 3.27. The molecule has 19 heavy (non-hydrogen) atoms. The van der Waals surface area contributed by atoms with Gasteiger partial charge in [-0.1, -0.05) is 0 Å². The molecule has 1 aromatic rings. The molecular weight excluding hydrogens is 312 g/mol. The van der Waals surface area contributed by atoms with Crippen LogP contribution >= 0.6 is 15.9 Å². The number of likely N-dealkylation sites (N-methyl/N-ethyl adjacent to an activating group) is 1. The summed E-state index contributed by atoms with van der Waals surface area (Å²) in [5, 5.41) is 9.64. The molecule has 1 amide bonds. The Kier molecular flexibility index (Phi) is 4.24. The van der Waals surface area contributed by atoms with Gasteiger partial charge in [-0.2, -0.15) is 5.10 Å². The summed E-state index contributed by atoms with van der Waals surface area (Å²) in [6.07, 6.45) is 3.91. The number of amides is 1. The van der Waals surface area contributed by atoms with E-state index in [0.29, 0.717) is 22.6 Å². The molecule has 1 saturated carbocycles. The Morgan fingerprint density at radius 1 is 1.63 bits per heavy atom. The third-order valence-corrected chi connectivity index (χ3v) is 3.89. The van der Waals surface area contributed by atoms with Crippen molar-refractivity contribution in [3.05, 3.63) is 21.0 Å². The number of rotatable bonds is 5. The number of aromatic nitrogens is 2. The van der Waals surface area contributed by atoms with Gasteiger partial charge in [-0.25, -0.2) is 4.68 Å². The van der Waals surface area contributed by atoms with Crippen molar-refractivity contribution < 1.29 is 4.79 Å². The topological polar surface area (TPSA) is 76.0 Å². The largest absolute Gasteiger partial charge is 0.372 e. The van der Waals surface area contributed by atoms with Gasteiger partial charge in [-0.3, -0.25) is 9.59 Å². The summed E-state index contributed by atoms with van der Waals surface area (Å²) in [7, 11) is 1.57. The number of hydrogen-bond donors (Lipinski definition) is 2. The maximum Gasteiger partial charge on any atom is 0.283 e. The van der Waals surface area contributed by atoms with Crippen LogP contribution < -0.4 is 16.2 Å². The summed E-state index contributed by atoms with van der Waals surface area (Å²) in [6.45, 7) is 2.39. The zero-order valence-corrected chi connectivity index (χ0v) is 12.5. The van der Waals surface area contributed by atoms with E-state index in [1.165, 1.54) is 17.5 Å². The molecule has 7 heteroatoms. The van der Waals surface area contributed by atoms with Gasteiger partial charge in [0.05, 0.1) is 11.9 Å². The highest BCUT2D eigenvalue weighted by Crippen LogP contribution is 2.30. The molecule has 6 nitrogen and oxygen atoms in total. The van der Waals surface area contributed by atoms with Crippen LogP contribution in [0.3, 0.4) is 0 Å². The molecule has 1 aliphatic carbocycles. The lowest BCUT2D eigenvalue weighted by Gasteiger charge is -2.15. The SMILES string of the molecule is CNC(=O)C(C)Nc1cnn(CC2CC2)c(=O)c1Br. The van der Waals surface area contributed by atoms with Crippen LogP contribution in [0.4, 0.5) is 5.69 Å². The van der Waals surface area contributed by atoms with Gasteiger partial charge in [0.1, 0.15) is 10.5 Å². The number of carbonyl (C=O) groups is 1. The number of carbonyl (C=O) groups excluding carboxylic acids is 1. The van der Waals surface area contributed by atoms with Crippen molar-refractivity contribution in [2.75, 3.05) is 12.4 Å². The zero-order chi connectivity index (χ0) is 14.0. The van der Waals surface area contributed by atoms with Crippen molar-refractivity contribution in [2.45, 2.75) is 32.4 Å². The minimum absolute atomic E-state index is 0.144. The van der Waals surface area contributed by atoms with E-state index in [-0.39, 0.29) is 11.5 Å². The summed E-state index contributed by atoms with van der Waals surface area (Å²) < 4.78 is 1.89. The number of hydrogen-bond acceptors (Lipinski definition) is 4. The van der Waals surface area contributed by atoms with E-state index in [2.05, 4.69) is 31.7 Å². The Hall–Kier alpha value is -1.37. The highest BCUT2D eigenvalue weighted by molar-refractivity contribution is 9.10. The Morgan fingerprint density at radius 2 is 2.32 bits per heavy atom. The lowest BCUT2D eigenvalue weighted by atomic mass is 10.3. The van der Waals surface area contributed by atoms with Crippen molar-refractivity contribution >= 4 is 27.5 Å². The molecule has 104 valence electrons. The first-order valence-electron chi connectivity index (χ1n) is 6.26. The van der Waals surface area contributed by atoms with E-state index in [1.807, 2.05) is 0 Å². The van der Waals surface area contributed by atoms with Gasteiger partial charge in [-0.15, -0.1) is 0 Å². The highest BCUT2D eigenvalue weighted by atomic mass is 79.9. The van der Waals surface area contributed by atoms with E-state index in [0.717, 1.165) is 0 Å². The van der Waals surface area contributed by atoms with Crippen LogP contribution in [0, 0.1) is 5.92 Å². The van der Waals surface area contributed by atoms with Crippen molar-refractivity contribution in [1.82, 2.24) is 15.1 Å². The smallest absolute Gasteiger partial charge is 0.283 e. The molecule has 1 heterocycles. The van der Waals surface area contributed by atoms with E-state index < -0.39 is 6.04 Å². The van der Waals surface area contributed by atoms with Crippen LogP contribution in [0.1, 0.15) is 19.8 Å². The third-order valence-electron chi connectivity index (χ3n) is 3.12. The number of nitrogens with one attached hydrogen (secondary N) is 2. The molecule has 1 unspecified atom stereocenters. The number of anilines is 1. The molecule has 1 atom stereocenters. The van der Waals surface area contributed by atoms with E-state index in [4.69, 9.17) is 0 Å². The van der Waals surface area contributed by atoms with Crippen molar-refractivity contribution in [1.29, 1.82) is 0 Å². The molecule has 1 aliphatic rings. The first-order chi connectivity index (χ1) is 9.02. The van der Waals surface area contributed by atoms with Crippen LogP contribution in [-0.2, 0) is 11.3 Å². The zero-order valence-electron chi connectivity index (χ0n) is 10.9. The van der Waals surface area contributed by atoms with Gasteiger partial charge >= 0.3 is 0 Å². The monoisotopic (exact) mass is 328 g/mol. The van der Waals surface area contributed by atoms with E-state index >= 15 is 0 Å². The summed E-state index contributed by atoms with van der Waals surface area (Å²) in [5.41, 5.74) is 0.370. The molecule has 0 aromatic carbocycles. The molecular formula is C12H17BrN4O2. The van der Waals surface area contributed by atoms with E-state index in [1.54, 1.807) is 20.2 Å². The Bertz CT molecular complexity index is 539. The third kappa shape index (κ3) is 3.34. The maximum atomic E-state index is 12.1. The molecule has 1 fully saturated rings. The minimum Gasteiger partial charge on any atom is -0.372 e. The molecule has 0 spiro atoms. The Morgan fingerprint density at radius 3 is 2.89 bits per heavy atom. The van der Waals surface area contributed by atoms with Crippen molar-refractivity contribution in [3.63, 3.8) is 0 Å². The van der Waals surface area contributed by atoms with E-state index in [9.17, 15) is 9.59 Å². The lowest BCUT2D eigenvalue weighted by Crippen LogP contribution is -2.36. The second kappa shape index (κ2) is 5.73. The van der Waals surface area contributed by atoms with Gasteiger partial charge in [0, 0.05) is 13.6 Å². The summed E-state index contributed by atoms with van der Waals surface area (Å²) in [4.78, 5) is 23.5. The van der Waals surface area contributed by atoms with Crippen molar-refractivity contribution in [3.8, 4) is 0 Å². The first kappa shape index (κ1) is 14.0. The second-order valence-corrected chi connectivity index (χ2v) is 5.58. The lowest BCUT2D eigenvalue weighted by molar-refractivity contribution is -0.121. The number of halogens is 1. The average molecular weight is 329 g/mol. The predicted octanol–water partition coefficient (Wildman–Crippen LogP) is 0.962. The summed E-state index contributed by atoms with van der Waals surface area (Å²) in [6, 6.07) is -0.429. The fraction of sp³-hybridized carbons (Fsp3) is 0.583. The normalized spacial score (nSPS) is 15.9. The van der Waals surface area contributed by atoms with Gasteiger partial charge in [0.15, 0.2) is 0 Å².